The van der Waals surface area contributed by atoms with Crippen LogP contribution in [-0.4, -0.2) is 25.0 Å². The molecule has 0 bridgehead atoms. The molecule has 0 saturated heterocycles. The Bertz CT molecular complexity index is 936. The molecule has 2 unspecified atom stereocenters. The number of nitrogens with zero attached hydrogens (tertiary/aromatic N) is 5. The molecule has 4 rings (SSSR count). The Labute approximate surface area is 194 Å². The van der Waals surface area contributed by atoms with Crippen LogP contribution in [0, 0.1) is 10.1 Å². The lowest BCUT2D eigenvalue weighted by atomic mass is 9.95. The minimum absolute atomic E-state index is 0.0254. The zero-order valence-electron chi connectivity index (χ0n) is 14.7. The fraction of sp³-hybridized carbons (Fsp3) is 0.500. The molecule has 2 heterocycles. The van der Waals surface area contributed by atoms with Crippen LogP contribution in [0.3, 0.4) is 0 Å². The van der Waals surface area contributed by atoms with Crippen LogP contribution in [0.4, 0.5) is 0 Å². The summed E-state index contributed by atoms with van der Waals surface area (Å²) in [5.41, 5.74) is 3.10. The number of hydrogen-bond acceptors (Lipinski definition) is 7. The molecule has 0 spiro atoms. The summed E-state index contributed by atoms with van der Waals surface area (Å²) < 4.78 is 0. The first-order valence-corrected chi connectivity index (χ1v) is 11.1. The van der Waals surface area contributed by atoms with Crippen LogP contribution >= 0.6 is 62.3 Å². The Morgan fingerprint density at radius 3 is 2.00 bits per heavy atom. The van der Waals surface area contributed by atoms with E-state index >= 15 is 0 Å². The second-order valence-electron chi connectivity index (χ2n) is 6.36. The van der Waals surface area contributed by atoms with Crippen LogP contribution in [0.25, 0.3) is 0 Å². The molecule has 0 aliphatic heterocycles. The van der Waals surface area contributed by atoms with E-state index in [2.05, 4.69) is 40.7 Å². The quantitative estimate of drug-likeness (QED) is 0.151. The van der Waals surface area contributed by atoms with Crippen LogP contribution in [0.15, 0.2) is 0 Å². The highest BCUT2D eigenvalue weighted by atomic mass is 79.9. The van der Waals surface area contributed by atoms with E-state index in [0.717, 1.165) is 36.9 Å². The topological polar surface area (TPSA) is 104 Å². The molecule has 156 valence electrons. The molecular formula is C16H14BrCl4N5O3. The van der Waals surface area contributed by atoms with Crippen molar-refractivity contribution in [1.82, 2.24) is 19.9 Å². The fourth-order valence-electron chi connectivity index (χ4n) is 3.28. The average molecular weight is 546 g/mol. The first kappa shape index (κ1) is 22.7. The Hall–Kier alpha value is -1.00. The van der Waals surface area contributed by atoms with E-state index in [9.17, 15) is 10.1 Å². The Morgan fingerprint density at radius 2 is 1.41 bits per heavy atom. The number of halogens is 5. The highest BCUT2D eigenvalue weighted by Crippen LogP contribution is 2.37. The van der Waals surface area contributed by atoms with Gasteiger partial charge in [-0.15, -0.1) is 10.1 Å². The third kappa shape index (κ3) is 5.58. The van der Waals surface area contributed by atoms with Crippen molar-refractivity contribution >= 4 is 62.3 Å². The van der Waals surface area contributed by atoms with Crippen molar-refractivity contribution in [3.63, 3.8) is 0 Å². The van der Waals surface area contributed by atoms with Gasteiger partial charge in [0, 0.05) is 11.1 Å². The van der Waals surface area contributed by atoms with Gasteiger partial charge in [-0.3, -0.25) is 0 Å². The molecule has 0 radical (unpaired) electrons. The van der Waals surface area contributed by atoms with Gasteiger partial charge in [0.1, 0.15) is 16.4 Å². The normalized spacial score (nSPS) is 20.0. The summed E-state index contributed by atoms with van der Waals surface area (Å²) in [5, 5.41) is 10.4. The average Bonchev–Trinajstić information content (AvgIpc) is 2.63. The van der Waals surface area contributed by atoms with Crippen LogP contribution < -0.4 is 0 Å². The smallest absolute Gasteiger partial charge is 0.295 e. The molecule has 0 amide bonds. The monoisotopic (exact) mass is 543 g/mol. The number of rotatable bonds is 2. The molecular weight excluding hydrogens is 532 g/mol. The summed E-state index contributed by atoms with van der Waals surface area (Å²) in [4.78, 5) is 31.0. The summed E-state index contributed by atoms with van der Waals surface area (Å²) in [7, 11) is 0. The second-order valence-corrected chi connectivity index (χ2v) is 8.86. The zero-order valence-corrected chi connectivity index (χ0v) is 19.4. The van der Waals surface area contributed by atoms with Gasteiger partial charge in [0.2, 0.25) is 10.6 Å². The highest BCUT2D eigenvalue weighted by molar-refractivity contribution is 9.09. The Kier molecular flexibility index (Phi) is 7.72. The van der Waals surface area contributed by atoms with Crippen LogP contribution in [0.1, 0.15) is 59.1 Å². The number of hydrogen-bond donors (Lipinski definition) is 0. The maximum Gasteiger partial charge on any atom is 0.295 e. The number of aromatic nitrogens is 4. The van der Waals surface area contributed by atoms with Crippen LogP contribution in [-0.2, 0) is 17.7 Å². The molecule has 0 N–H and O–H groups in total. The van der Waals surface area contributed by atoms with Crippen molar-refractivity contribution in [3.8, 4) is 0 Å². The Morgan fingerprint density at radius 1 is 0.897 bits per heavy atom. The van der Waals surface area contributed by atoms with Crippen LogP contribution in [0.5, 0.6) is 0 Å². The molecule has 8 nitrogen and oxygen atoms in total. The van der Waals surface area contributed by atoms with Gasteiger partial charge in [-0.05, 0) is 61.7 Å². The minimum Gasteiger partial charge on any atom is -0.304 e. The SMILES string of the molecule is Clc1nc(Cl)c2c(n1)C(Br)CCC2.O=[N+]([O-])OC1CCCc2c(Cl)nc(Cl)nc21. The van der Waals surface area contributed by atoms with E-state index in [-0.39, 0.29) is 20.5 Å². The molecule has 2 atom stereocenters. The van der Waals surface area contributed by atoms with E-state index in [1.807, 2.05) is 0 Å². The summed E-state index contributed by atoms with van der Waals surface area (Å²) in [6, 6.07) is 0. The van der Waals surface area contributed by atoms with E-state index in [0.29, 0.717) is 29.3 Å². The molecule has 0 aromatic carbocycles. The molecule has 2 aromatic rings. The molecule has 2 aliphatic rings. The number of fused-ring (bicyclic) bond motifs is 2. The van der Waals surface area contributed by atoms with Gasteiger partial charge in [0.15, 0.2) is 0 Å². The van der Waals surface area contributed by atoms with Crippen molar-refractivity contribution in [2.24, 2.45) is 0 Å². The summed E-state index contributed by atoms with van der Waals surface area (Å²) in [6.07, 6.45) is 4.41. The summed E-state index contributed by atoms with van der Waals surface area (Å²) >= 11 is 26.8. The van der Waals surface area contributed by atoms with Gasteiger partial charge in [-0.25, -0.2) is 19.9 Å². The largest absolute Gasteiger partial charge is 0.304 e. The minimum atomic E-state index is -0.830. The lowest BCUT2D eigenvalue weighted by molar-refractivity contribution is -0.771. The van der Waals surface area contributed by atoms with Gasteiger partial charge in [-0.2, -0.15) is 0 Å². The molecule has 29 heavy (non-hydrogen) atoms. The van der Waals surface area contributed by atoms with E-state index < -0.39 is 11.2 Å². The first-order chi connectivity index (χ1) is 13.8. The predicted molar refractivity (Wildman–Crippen MR) is 112 cm³/mol. The van der Waals surface area contributed by atoms with E-state index in [1.165, 1.54) is 0 Å². The zero-order chi connectivity index (χ0) is 21.1. The number of alkyl halides is 1. The van der Waals surface area contributed by atoms with Crippen molar-refractivity contribution in [2.45, 2.75) is 49.5 Å². The van der Waals surface area contributed by atoms with E-state index in [4.69, 9.17) is 46.4 Å². The molecule has 0 saturated carbocycles. The van der Waals surface area contributed by atoms with Gasteiger partial charge in [-0.1, -0.05) is 39.1 Å². The summed E-state index contributed by atoms with van der Waals surface area (Å²) in [5.74, 6) is 0. The van der Waals surface area contributed by atoms with Crippen molar-refractivity contribution in [2.75, 3.05) is 0 Å². The third-order valence-corrected chi connectivity index (χ3v) is 6.37. The molecule has 13 heteroatoms. The van der Waals surface area contributed by atoms with Crippen molar-refractivity contribution < 1.29 is 9.92 Å². The van der Waals surface area contributed by atoms with E-state index in [1.54, 1.807) is 0 Å². The summed E-state index contributed by atoms with van der Waals surface area (Å²) in [6.45, 7) is 0. The third-order valence-electron chi connectivity index (χ3n) is 4.52. The standard InChI is InChI=1S/C8H7BrCl2N2.C8H7Cl2N3O3/c9-5-3-1-2-4-6(5)12-8(11)13-7(4)10;9-7-4-2-1-3-5(16-13(14)15)6(4)11-8(10)12-7/h5H,1-3H2;5H,1-3H2. The van der Waals surface area contributed by atoms with Gasteiger partial charge >= 0.3 is 0 Å². The van der Waals surface area contributed by atoms with Gasteiger partial charge in [0.25, 0.3) is 5.09 Å². The molecule has 2 aliphatic carbocycles. The maximum absolute atomic E-state index is 10.3. The maximum atomic E-state index is 10.3. The van der Waals surface area contributed by atoms with Crippen molar-refractivity contribution in [1.29, 1.82) is 0 Å². The highest BCUT2D eigenvalue weighted by Gasteiger charge is 2.28. The lowest BCUT2D eigenvalue weighted by Crippen LogP contribution is -2.18. The second kappa shape index (κ2) is 9.87. The van der Waals surface area contributed by atoms with Crippen LogP contribution in [0.2, 0.25) is 20.9 Å². The van der Waals surface area contributed by atoms with Crippen molar-refractivity contribution in [3.05, 3.63) is 53.5 Å². The van der Waals surface area contributed by atoms with Gasteiger partial charge in [0.05, 0.1) is 16.2 Å². The lowest BCUT2D eigenvalue weighted by Gasteiger charge is -2.22. The fourth-order valence-corrected chi connectivity index (χ4v) is 4.96. The van der Waals surface area contributed by atoms with Gasteiger partial charge < -0.3 is 4.84 Å². The molecule has 2 aromatic heterocycles. The Balaban J connectivity index is 0.000000169. The molecule has 0 fully saturated rings. The first-order valence-electron chi connectivity index (χ1n) is 8.65. The predicted octanol–water partition coefficient (Wildman–Crippen LogP) is 5.92.